The number of nitrogens with two attached hydrogens (primary N) is 1. The van der Waals surface area contributed by atoms with Gasteiger partial charge in [-0.2, -0.15) is 20.1 Å². The Balaban J connectivity index is 1.29. The third kappa shape index (κ3) is 3.89. The van der Waals surface area contributed by atoms with E-state index in [9.17, 15) is 0 Å². The van der Waals surface area contributed by atoms with Crippen LogP contribution in [0.2, 0.25) is 0 Å². The Bertz CT molecular complexity index is 1220. The van der Waals surface area contributed by atoms with Crippen LogP contribution >= 0.6 is 0 Å². The molecule has 1 aromatic carbocycles. The SMILES string of the molecule is C[C@@H](c1nc(N)nc(Nc2ccccc2)n1)N1CCN(c2ncnc3c2cnn3C)CC1. The van der Waals surface area contributed by atoms with Crippen molar-refractivity contribution in [1.82, 2.24) is 39.6 Å². The van der Waals surface area contributed by atoms with Crippen LogP contribution in [0.1, 0.15) is 18.8 Å². The summed E-state index contributed by atoms with van der Waals surface area (Å²) in [6, 6.07) is 9.77. The summed E-state index contributed by atoms with van der Waals surface area (Å²) in [5.74, 6) is 2.23. The van der Waals surface area contributed by atoms with Gasteiger partial charge >= 0.3 is 0 Å². The van der Waals surface area contributed by atoms with Gasteiger partial charge in [-0.3, -0.25) is 9.58 Å². The first-order valence-corrected chi connectivity index (χ1v) is 10.5. The Morgan fingerprint density at radius 2 is 1.78 bits per heavy atom. The molecule has 0 amide bonds. The zero-order valence-corrected chi connectivity index (χ0v) is 18.0. The molecule has 1 fully saturated rings. The fourth-order valence-corrected chi connectivity index (χ4v) is 3.99. The molecule has 0 spiro atoms. The van der Waals surface area contributed by atoms with Crippen molar-refractivity contribution in [3.63, 3.8) is 0 Å². The fourth-order valence-electron chi connectivity index (χ4n) is 3.99. The first kappa shape index (κ1) is 20.1. The Morgan fingerprint density at radius 3 is 2.56 bits per heavy atom. The molecule has 164 valence electrons. The van der Waals surface area contributed by atoms with Gasteiger partial charge in [0.25, 0.3) is 0 Å². The highest BCUT2D eigenvalue weighted by atomic mass is 15.3. The van der Waals surface area contributed by atoms with E-state index in [-0.39, 0.29) is 12.0 Å². The van der Waals surface area contributed by atoms with E-state index in [4.69, 9.17) is 5.73 Å². The number of nitrogen functional groups attached to an aromatic ring is 1. The number of benzene rings is 1. The van der Waals surface area contributed by atoms with Gasteiger partial charge in [0.1, 0.15) is 12.1 Å². The second-order valence-corrected chi connectivity index (χ2v) is 7.77. The van der Waals surface area contributed by atoms with Crippen LogP contribution in [0.15, 0.2) is 42.9 Å². The summed E-state index contributed by atoms with van der Waals surface area (Å²) in [5.41, 5.74) is 7.72. The highest BCUT2D eigenvalue weighted by Crippen LogP contribution is 2.26. The molecule has 11 heteroatoms. The number of piperazine rings is 1. The molecule has 0 aliphatic carbocycles. The molecular weight excluding hydrogens is 406 g/mol. The number of nitrogens with one attached hydrogen (secondary N) is 1. The van der Waals surface area contributed by atoms with Gasteiger partial charge in [-0.1, -0.05) is 18.2 Å². The Hall–Kier alpha value is -3.86. The lowest BCUT2D eigenvalue weighted by atomic mass is 10.2. The van der Waals surface area contributed by atoms with Crippen molar-refractivity contribution in [1.29, 1.82) is 0 Å². The van der Waals surface area contributed by atoms with Gasteiger partial charge in [-0.25, -0.2) is 9.97 Å². The monoisotopic (exact) mass is 431 g/mol. The number of para-hydroxylation sites is 1. The summed E-state index contributed by atoms with van der Waals surface area (Å²) in [4.78, 5) is 26.7. The standard InChI is InChI=1S/C21H25N11/c1-14(17-27-20(22)29-21(28-17)26-15-6-4-3-5-7-15)31-8-10-32(11-9-31)19-16-12-25-30(2)18(16)23-13-24-19/h3-7,12-14H,8-11H2,1-2H3,(H3,22,26,27,28,29)/t14-/m0/s1. The summed E-state index contributed by atoms with van der Waals surface area (Å²) in [7, 11) is 1.89. The van der Waals surface area contributed by atoms with E-state index in [2.05, 4.69) is 52.1 Å². The van der Waals surface area contributed by atoms with E-state index in [1.54, 1.807) is 11.0 Å². The third-order valence-electron chi connectivity index (χ3n) is 5.74. The lowest BCUT2D eigenvalue weighted by Crippen LogP contribution is -2.47. The number of aryl methyl sites for hydroxylation is 1. The second-order valence-electron chi connectivity index (χ2n) is 7.77. The average Bonchev–Trinajstić information content (AvgIpc) is 3.20. The van der Waals surface area contributed by atoms with Crippen LogP contribution in [0.3, 0.4) is 0 Å². The van der Waals surface area contributed by atoms with Gasteiger partial charge in [-0.15, -0.1) is 0 Å². The number of fused-ring (bicyclic) bond motifs is 1. The van der Waals surface area contributed by atoms with E-state index >= 15 is 0 Å². The Labute approximate surface area is 185 Å². The van der Waals surface area contributed by atoms with E-state index in [0.29, 0.717) is 11.8 Å². The molecule has 1 saturated heterocycles. The minimum absolute atomic E-state index is 0.00239. The minimum Gasteiger partial charge on any atom is -0.368 e. The molecule has 3 N–H and O–H groups in total. The smallest absolute Gasteiger partial charge is 0.232 e. The van der Waals surface area contributed by atoms with Crippen molar-refractivity contribution in [2.24, 2.45) is 7.05 Å². The van der Waals surface area contributed by atoms with Crippen molar-refractivity contribution >= 4 is 34.4 Å². The van der Waals surface area contributed by atoms with Crippen LogP contribution in [0.4, 0.5) is 23.4 Å². The number of anilines is 4. The molecule has 32 heavy (non-hydrogen) atoms. The Kier molecular flexibility index (Phi) is 5.23. The first-order valence-electron chi connectivity index (χ1n) is 10.5. The summed E-state index contributed by atoms with van der Waals surface area (Å²) >= 11 is 0. The van der Waals surface area contributed by atoms with Gasteiger partial charge in [0.15, 0.2) is 11.5 Å². The van der Waals surface area contributed by atoms with E-state index in [1.165, 1.54) is 0 Å². The molecule has 1 aliphatic rings. The summed E-state index contributed by atoms with van der Waals surface area (Å²) in [6.07, 6.45) is 3.43. The summed E-state index contributed by atoms with van der Waals surface area (Å²) in [5, 5.41) is 8.49. The molecule has 0 radical (unpaired) electrons. The topological polar surface area (TPSA) is 127 Å². The number of rotatable bonds is 5. The average molecular weight is 432 g/mol. The van der Waals surface area contributed by atoms with Crippen molar-refractivity contribution in [2.45, 2.75) is 13.0 Å². The molecular formula is C21H25N11. The summed E-state index contributed by atoms with van der Waals surface area (Å²) < 4.78 is 1.77. The van der Waals surface area contributed by atoms with Crippen molar-refractivity contribution in [2.75, 3.05) is 42.1 Å². The Morgan fingerprint density at radius 1 is 1.00 bits per heavy atom. The molecule has 5 rings (SSSR count). The van der Waals surface area contributed by atoms with Crippen molar-refractivity contribution < 1.29 is 0 Å². The van der Waals surface area contributed by atoms with Gasteiger partial charge in [-0.05, 0) is 19.1 Å². The van der Waals surface area contributed by atoms with E-state index in [1.807, 2.05) is 43.6 Å². The maximum absolute atomic E-state index is 5.98. The predicted molar refractivity (Wildman–Crippen MR) is 122 cm³/mol. The van der Waals surface area contributed by atoms with Crippen LogP contribution in [-0.2, 0) is 7.05 Å². The van der Waals surface area contributed by atoms with Crippen LogP contribution in [0.5, 0.6) is 0 Å². The van der Waals surface area contributed by atoms with Crippen LogP contribution in [-0.4, -0.2) is 65.8 Å². The largest absolute Gasteiger partial charge is 0.368 e. The molecule has 4 aromatic rings. The number of hydrogen-bond donors (Lipinski definition) is 2. The molecule has 4 heterocycles. The van der Waals surface area contributed by atoms with E-state index < -0.39 is 0 Å². The lowest BCUT2D eigenvalue weighted by molar-refractivity contribution is 0.191. The second kappa shape index (κ2) is 8.35. The van der Waals surface area contributed by atoms with Crippen LogP contribution in [0, 0.1) is 0 Å². The van der Waals surface area contributed by atoms with Crippen molar-refractivity contribution in [3.8, 4) is 0 Å². The maximum Gasteiger partial charge on any atom is 0.232 e. The molecule has 3 aromatic heterocycles. The zero-order valence-electron chi connectivity index (χ0n) is 18.0. The van der Waals surface area contributed by atoms with E-state index in [0.717, 1.165) is 48.7 Å². The lowest BCUT2D eigenvalue weighted by Gasteiger charge is -2.38. The molecule has 1 aliphatic heterocycles. The fraction of sp³-hybridized carbons (Fsp3) is 0.333. The van der Waals surface area contributed by atoms with Crippen LogP contribution < -0.4 is 16.0 Å². The summed E-state index contributed by atoms with van der Waals surface area (Å²) in [6.45, 7) is 5.46. The van der Waals surface area contributed by atoms with Gasteiger partial charge in [0, 0.05) is 38.9 Å². The first-order chi connectivity index (χ1) is 15.6. The van der Waals surface area contributed by atoms with Gasteiger partial charge < -0.3 is 16.0 Å². The van der Waals surface area contributed by atoms with Gasteiger partial charge in [0.05, 0.1) is 17.6 Å². The molecule has 11 nitrogen and oxygen atoms in total. The van der Waals surface area contributed by atoms with Gasteiger partial charge in [0.2, 0.25) is 11.9 Å². The highest BCUT2D eigenvalue weighted by molar-refractivity contribution is 5.86. The predicted octanol–water partition coefficient (Wildman–Crippen LogP) is 1.76. The number of nitrogens with zero attached hydrogens (tertiary/aromatic N) is 9. The third-order valence-corrected chi connectivity index (χ3v) is 5.74. The maximum atomic E-state index is 5.98. The number of hydrogen-bond acceptors (Lipinski definition) is 10. The van der Waals surface area contributed by atoms with Crippen molar-refractivity contribution in [3.05, 3.63) is 48.7 Å². The molecule has 0 bridgehead atoms. The molecule has 0 unspecified atom stereocenters. The zero-order chi connectivity index (χ0) is 22.1. The molecule has 0 saturated carbocycles. The highest BCUT2D eigenvalue weighted by Gasteiger charge is 2.26. The molecule has 1 atom stereocenters. The number of aromatic nitrogens is 7. The minimum atomic E-state index is 0.00239. The quantitative estimate of drug-likeness (QED) is 0.482. The normalized spacial score (nSPS) is 15.8. The van der Waals surface area contributed by atoms with Crippen LogP contribution in [0.25, 0.3) is 11.0 Å².